The van der Waals surface area contributed by atoms with E-state index in [1.54, 1.807) is 19.1 Å². The van der Waals surface area contributed by atoms with Crippen molar-refractivity contribution in [1.82, 2.24) is 0 Å². The minimum absolute atomic E-state index is 0. The second-order valence-corrected chi connectivity index (χ2v) is 5.54. The normalized spacial score (nSPS) is 27.9. The van der Waals surface area contributed by atoms with E-state index in [9.17, 15) is 24.9 Å². The smallest absolute Gasteiger partial charge is 0.539 e. The second kappa shape index (κ2) is 9.07. The van der Waals surface area contributed by atoms with Crippen LogP contribution in [0.1, 0.15) is 5.56 Å². The molecule has 5 N–H and O–H groups in total. The summed E-state index contributed by atoms with van der Waals surface area (Å²) in [6.45, 7) is 1.76. The van der Waals surface area contributed by atoms with Gasteiger partial charge in [-0.05, 0) is 30.7 Å². The average molecular weight is 376 g/mol. The van der Waals surface area contributed by atoms with Crippen LogP contribution in [0.2, 0.25) is 0 Å². The third-order valence-corrected chi connectivity index (χ3v) is 3.86. The Labute approximate surface area is 169 Å². The summed E-state index contributed by atoms with van der Waals surface area (Å²) in [6, 6.07) is 6.01. The maximum Gasteiger partial charge on any atom is 1.00 e. The number of benzene rings is 1. The first-order chi connectivity index (χ1) is 11.4. The van der Waals surface area contributed by atoms with Gasteiger partial charge in [-0.15, -0.1) is 0 Å². The van der Waals surface area contributed by atoms with Gasteiger partial charge in [0.05, 0.1) is 6.10 Å². The van der Waals surface area contributed by atoms with Gasteiger partial charge in [0, 0.05) is 17.5 Å². The molecule has 2 aromatic rings. The summed E-state index contributed by atoms with van der Waals surface area (Å²) in [7, 11) is 0. The zero-order valence-electron chi connectivity index (χ0n) is 14.1. The molecule has 0 amide bonds. The van der Waals surface area contributed by atoms with Crippen LogP contribution in [0, 0.1) is 6.92 Å². The third-order valence-electron chi connectivity index (χ3n) is 3.86. The van der Waals surface area contributed by atoms with Crippen LogP contribution in [0.5, 0.6) is 5.75 Å². The number of fused-ring (bicyclic) bond motifs is 1. The first-order valence-corrected chi connectivity index (χ1v) is 7.19. The molecule has 10 heteroatoms. The zero-order valence-corrected chi connectivity index (χ0v) is 16.1. The van der Waals surface area contributed by atoms with E-state index in [2.05, 4.69) is 0 Å². The van der Waals surface area contributed by atoms with Gasteiger partial charge in [-0.1, -0.05) is 0 Å². The van der Waals surface area contributed by atoms with Gasteiger partial charge in [0.1, 0.15) is 23.5 Å². The molecule has 1 saturated heterocycles. The molecule has 0 aliphatic carbocycles. The van der Waals surface area contributed by atoms with Gasteiger partial charge in [0.25, 0.3) is 0 Å². The Morgan fingerprint density at radius 2 is 1.81 bits per heavy atom. The van der Waals surface area contributed by atoms with Crippen molar-refractivity contribution in [3.63, 3.8) is 0 Å². The fourth-order valence-electron chi connectivity index (χ4n) is 2.56. The topological polar surface area (TPSA) is 158 Å². The van der Waals surface area contributed by atoms with Crippen molar-refractivity contribution in [2.24, 2.45) is 0 Å². The van der Waals surface area contributed by atoms with E-state index in [-0.39, 0.29) is 46.4 Å². The van der Waals surface area contributed by atoms with E-state index in [0.29, 0.717) is 5.39 Å². The van der Waals surface area contributed by atoms with Crippen molar-refractivity contribution in [2.75, 3.05) is 0 Å². The number of aryl methyl sites for hydroxylation is 1. The fraction of sp³-hybridized carbons (Fsp3) is 0.375. The quantitative estimate of drug-likeness (QED) is 0.275. The molecule has 1 aromatic carbocycles. The maximum atomic E-state index is 11.4. The number of aliphatic hydroxyl groups is 3. The molecule has 0 radical (unpaired) electrons. The van der Waals surface area contributed by atoms with Crippen LogP contribution in [-0.2, 0) is 9.53 Å². The number of hydrogen-bond acceptors (Lipinski definition) is 8. The Morgan fingerprint density at radius 3 is 2.46 bits per heavy atom. The van der Waals surface area contributed by atoms with Crippen molar-refractivity contribution in [2.45, 2.75) is 37.6 Å². The summed E-state index contributed by atoms with van der Waals surface area (Å²) >= 11 is 0. The van der Waals surface area contributed by atoms with Gasteiger partial charge in [-0.3, -0.25) is 0 Å². The molecule has 5 atom stereocenters. The molecule has 2 heterocycles. The summed E-state index contributed by atoms with van der Waals surface area (Å²) < 4.78 is 15.6. The molecule has 3 rings (SSSR count). The first-order valence-electron chi connectivity index (χ1n) is 7.19. The Hall–Kier alpha value is -1.30. The van der Waals surface area contributed by atoms with E-state index in [0.717, 1.165) is 5.56 Å². The van der Waals surface area contributed by atoms with Gasteiger partial charge in [-0.25, -0.2) is 11.1 Å². The SMILES string of the molecule is Cc1cc(=O)oc2cc(O[C@@H]3O[C@@H]([C-]=O)[C@@H](O)[C@H](O)[C@H]3O)ccc12.O.[Na+]. The third kappa shape index (κ3) is 4.33. The minimum atomic E-state index is -1.63. The molecule has 1 fully saturated rings. The van der Waals surface area contributed by atoms with Crippen LogP contribution in [0.3, 0.4) is 0 Å². The van der Waals surface area contributed by atoms with Crippen LogP contribution in [-0.4, -0.2) is 57.8 Å². The van der Waals surface area contributed by atoms with Gasteiger partial charge < -0.3 is 39.5 Å². The summed E-state index contributed by atoms with van der Waals surface area (Å²) in [6.07, 6.45) is -6.23. The van der Waals surface area contributed by atoms with Crippen molar-refractivity contribution in [1.29, 1.82) is 0 Å². The second-order valence-electron chi connectivity index (χ2n) is 5.54. The molecule has 9 nitrogen and oxygen atoms in total. The summed E-state index contributed by atoms with van der Waals surface area (Å²) in [5, 5.41) is 30.0. The zero-order chi connectivity index (χ0) is 17.4. The van der Waals surface area contributed by atoms with Crippen LogP contribution in [0.25, 0.3) is 11.0 Å². The number of hydrogen-bond donors (Lipinski definition) is 3. The fourth-order valence-corrected chi connectivity index (χ4v) is 2.56. The molecule has 26 heavy (non-hydrogen) atoms. The monoisotopic (exact) mass is 376 g/mol. The Kier molecular flexibility index (Phi) is 7.93. The van der Waals surface area contributed by atoms with E-state index >= 15 is 0 Å². The molecule has 1 aromatic heterocycles. The van der Waals surface area contributed by atoms with E-state index < -0.39 is 36.3 Å². The van der Waals surface area contributed by atoms with Crippen molar-refractivity contribution in [3.8, 4) is 5.75 Å². The predicted molar refractivity (Wildman–Crippen MR) is 83.8 cm³/mol. The van der Waals surface area contributed by atoms with Gasteiger partial charge in [0.2, 0.25) is 6.29 Å². The Morgan fingerprint density at radius 1 is 1.12 bits per heavy atom. The Balaban J connectivity index is 0.00000169. The minimum Gasteiger partial charge on any atom is -0.539 e. The maximum absolute atomic E-state index is 11.4. The van der Waals surface area contributed by atoms with Crippen LogP contribution in [0.15, 0.2) is 33.5 Å². The van der Waals surface area contributed by atoms with Crippen LogP contribution >= 0.6 is 0 Å². The summed E-state index contributed by atoms with van der Waals surface area (Å²) in [5.74, 6) is 0.188. The first kappa shape index (κ1) is 22.7. The molecule has 1 aliphatic rings. The number of carbonyl (C=O) groups excluding carboxylic acids is 1. The Bertz CT molecular complexity index is 821. The standard InChI is InChI=1S/C16H15O8.Na.H2O/c1-7-4-12(18)23-10-5-8(2-3-9(7)10)22-16-15(21)14(20)13(19)11(6-17)24-16;;/h2-5,11,13-16,19-21H,1H3;;1H2/q-1;+1;/t11-,13+,14-,15+,16+;;/m0../s1. The van der Waals surface area contributed by atoms with Gasteiger partial charge in [-0.2, -0.15) is 0 Å². The number of rotatable bonds is 3. The molecule has 0 unspecified atom stereocenters. The molecular weight excluding hydrogens is 359 g/mol. The van der Waals surface area contributed by atoms with E-state index in [1.807, 2.05) is 0 Å². The summed E-state index contributed by atoms with van der Waals surface area (Å²) in [5.41, 5.74) is 0.498. The van der Waals surface area contributed by atoms with Crippen LogP contribution < -0.4 is 39.9 Å². The number of aliphatic hydroxyl groups excluding tert-OH is 3. The average Bonchev–Trinajstić information content (AvgIpc) is 2.55. The van der Waals surface area contributed by atoms with E-state index in [1.165, 1.54) is 18.4 Å². The molecule has 1 aliphatic heterocycles. The van der Waals surface area contributed by atoms with Gasteiger partial charge in [0.15, 0.2) is 0 Å². The van der Waals surface area contributed by atoms with Crippen molar-refractivity contribution < 1.29 is 69.0 Å². The molecule has 0 spiro atoms. The molecule has 0 bridgehead atoms. The molecular formula is C16H17NaO9. The largest absolute Gasteiger partial charge is 1.00 e. The van der Waals surface area contributed by atoms with E-state index in [4.69, 9.17) is 13.9 Å². The van der Waals surface area contributed by atoms with Crippen molar-refractivity contribution >= 4 is 17.3 Å². The molecule has 0 saturated carbocycles. The molecule has 136 valence electrons. The number of ether oxygens (including phenoxy) is 2. The van der Waals surface area contributed by atoms with Crippen LogP contribution in [0.4, 0.5) is 0 Å². The summed E-state index contributed by atoms with van der Waals surface area (Å²) in [4.78, 5) is 22.2. The van der Waals surface area contributed by atoms with Gasteiger partial charge >= 0.3 is 35.2 Å². The van der Waals surface area contributed by atoms with Crippen molar-refractivity contribution in [3.05, 3.63) is 40.2 Å². The predicted octanol–water partition coefficient (Wildman–Crippen LogP) is -4.42.